The van der Waals surface area contributed by atoms with Gasteiger partial charge in [-0.1, -0.05) is 0 Å². The first-order chi connectivity index (χ1) is 5.11. The molecule has 0 aromatic carbocycles. The fourth-order valence-corrected chi connectivity index (χ4v) is 1.09. The van der Waals surface area contributed by atoms with Gasteiger partial charge in [0.25, 0.3) is 5.91 Å². The van der Waals surface area contributed by atoms with Gasteiger partial charge < -0.3 is 5.73 Å². The molecule has 0 saturated carbocycles. The number of amides is 1. The number of hydrogen-bond donors (Lipinski definition) is 1. The lowest BCUT2D eigenvalue weighted by molar-refractivity contribution is 0.0999. The van der Waals surface area contributed by atoms with Gasteiger partial charge in [0, 0.05) is 10.7 Å². The second-order valence-electron chi connectivity index (χ2n) is 2.15. The molecule has 0 fully saturated rings. The smallest absolute Gasteiger partial charge is 0.250 e. The monoisotopic (exact) mass is 214 g/mol. The van der Waals surface area contributed by atoms with Crippen molar-refractivity contribution in [1.29, 1.82) is 0 Å². The molecule has 0 atom stereocenters. The third kappa shape index (κ3) is 1.77. The molecule has 58 valence electrons. The first-order valence-corrected chi connectivity index (χ1v) is 3.82. The molecule has 0 radical (unpaired) electrons. The number of aryl methyl sites for hydroxylation is 1. The van der Waals surface area contributed by atoms with Crippen LogP contribution in [0, 0.1) is 6.92 Å². The molecule has 1 heterocycles. The van der Waals surface area contributed by atoms with E-state index in [2.05, 4.69) is 20.9 Å². The van der Waals surface area contributed by atoms with E-state index in [1.807, 2.05) is 0 Å². The Morgan fingerprint density at radius 1 is 1.73 bits per heavy atom. The Morgan fingerprint density at radius 3 is 2.82 bits per heavy atom. The van der Waals surface area contributed by atoms with Gasteiger partial charge in [-0.3, -0.25) is 9.78 Å². The van der Waals surface area contributed by atoms with Gasteiger partial charge in [0.15, 0.2) is 0 Å². The molecule has 4 heteroatoms. The summed E-state index contributed by atoms with van der Waals surface area (Å²) < 4.78 is 0.761. The van der Waals surface area contributed by atoms with E-state index in [0.29, 0.717) is 11.3 Å². The van der Waals surface area contributed by atoms with Gasteiger partial charge in [-0.15, -0.1) is 0 Å². The minimum Gasteiger partial charge on any atom is -0.366 e. The van der Waals surface area contributed by atoms with E-state index in [4.69, 9.17) is 5.73 Å². The van der Waals surface area contributed by atoms with Crippen molar-refractivity contribution in [1.82, 2.24) is 4.98 Å². The number of primary amides is 1. The fourth-order valence-electron chi connectivity index (χ4n) is 0.757. The number of nitrogens with two attached hydrogens (primary N) is 1. The molecule has 0 aliphatic heterocycles. The molecule has 1 aromatic heterocycles. The molecule has 0 spiro atoms. The van der Waals surface area contributed by atoms with E-state index in [1.165, 1.54) is 0 Å². The summed E-state index contributed by atoms with van der Waals surface area (Å²) in [5, 5.41) is 0. The second kappa shape index (κ2) is 3.00. The molecule has 2 N–H and O–H groups in total. The Kier molecular flexibility index (Phi) is 2.24. The summed E-state index contributed by atoms with van der Waals surface area (Å²) in [6, 6.07) is 1.66. The van der Waals surface area contributed by atoms with E-state index < -0.39 is 5.91 Å². The van der Waals surface area contributed by atoms with Crippen molar-refractivity contribution in [3.8, 4) is 0 Å². The number of hydrogen-bond acceptors (Lipinski definition) is 2. The quantitative estimate of drug-likeness (QED) is 0.766. The lowest BCUT2D eigenvalue weighted by Crippen LogP contribution is -2.13. The summed E-state index contributed by atoms with van der Waals surface area (Å²) in [5.74, 6) is -0.448. The average Bonchev–Trinajstić information content (AvgIpc) is 1.94. The second-order valence-corrected chi connectivity index (χ2v) is 3.07. The van der Waals surface area contributed by atoms with Crippen LogP contribution in [0.15, 0.2) is 16.7 Å². The molecule has 1 amide bonds. The molecule has 1 aromatic rings. The van der Waals surface area contributed by atoms with E-state index in [1.54, 1.807) is 19.2 Å². The highest BCUT2D eigenvalue weighted by Crippen LogP contribution is 2.12. The summed E-state index contributed by atoms with van der Waals surface area (Å²) in [6.07, 6.45) is 1.63. The molecule has 0 aliphatic carbocycles. The molecule has 0 bridgehead atoms. The van der Waals surface area contributed by atoms with E-state index in [-0.39, 0.29) is 0 Å². The van der Waals surface area contributed by atoms with Crippen molar-refractivity contribution in [3.05, 3.63) is 28.0 Å². The molecule has 0 unspecified atom stereocenters. The SMILES string of the molecule is Cc1ncc(Br)cc1C(N)=O. The van der Waals surface area contributed by atoms with Gasteiger partial charge in [0.1, 0.15) is 0 Å². The zero-order valence-corrected chi connectivity index (χ0v) is 7.55. The summed E-state index contributed by atoms with van der Waals surface area (Å²) in [5.41, 5.74) is 6.19. The molecule has 11 heavy (non-hydrogen) atoms. The standard InChI is InChI=1S/C7H7BrN2O/c1-4-6(7(9)11)2-5(8)3-10-4/h2-3H,1H3,(H2,9,11). The number of rotatable bonds is 1. The van der Waals surface area contributed by atoms with Gasteiger partial charge >= 0.3 is 0 Å². The van der Waals surface area contributed by atoms with Gasteiger partial charge in [0.2, 0.25) is 0 Å². The Labute approximate surface area is 72.7 Å². The number of pyridine rings is 1. The maximum Gasteiger partial charge on any atom is 0.250 e. The van der Waals surface area contributed by atoms with Gasteiger partial charge in [0.05, 0.1) is 11.3 Å². The number of halogens is 1. The van der Waals surface area contributed by atoms with Crippen LogP contribution < -0.4 is 5.73 Å². The van der Waals surface area contributed by atoms with Crippen LogP contribution in [0.5, 0.6) is 0 Å². The van der Waals surface area contributed by atoms with Gasteiger partial charge in [-0.05, 0) is 28.9 Å². The highest BCUT2D eigenvalue weighted by molar-refractivity contribution is 9.10. The number of carbonyl (C=O) groups is 1. The lowest BCUT2D eigenvalue weighted by atomic mass is 10.2. The minimum atomic E-state index is -0.448. The van der Waals surface area contributed by atoms with Crippen molar-refractivity contribution in [2.24, 2.45) is 5.73 Å². The van der Waals surface area contributed by atoms with Gasteiger partial charge in [-0.25, -0.2) is 0 Å². The molecule has 1 rings (SSSR count). The van der Waals surface area contributed by atoms with Crippen LogP contribution in [0.3, 0.4) is 0 Å². The van der Waals surface area contributed by atoms with Crippen molar-refractivity contribution in [2.75, 3.05) is 0 Å². The molecule has 3 nitrogen and oxygen atoms in total. The summed E-state index contributed by atoms with van der Waals surface area (Å²) in [4.78, 5) is 14.7. The normalized spacial score (nSPS) is 9.64. The number of aromatic nitrogens is 1. The Balaban J connectivity index is 3.23. The molecule has 0 saturated heterocycles. The predicted octanol–water partition coefficient (Wildman–Crippen LogP) is 1.25. The third-order valence-corrected chi connectivity index (χ3v) is 1.75. The van der Waals surface area contributed by atoms with Crippen molar-refractivity contribution >= 4 is 21.8 Å². The highest BCUT2D eigenvalue weighted by Gasteiger charge is 2.05. The third-order valence-electron chi connectivity index (χ3n) is 1.32. The van der Waals surface area contributed by atoms with Crippen molar-refractivity contribution in [2.45, 2.75) is 6.92 Å². The lowest BCUT2D eigenvalue weighted by Gasteiger charge is -1.99. The van der Waals surface area contributed by atoms with E-state index in [0.717, 1.165) is 4.47 Å². The molecular weight excluding hydrogens is 208 g/mol. The largest absolute Gasteiger partial charge is 0.366 e. The van der Waals surface area contributed by atoms with Crippen LogP contribution >= 0.6 is 15.9 Å². The summed E-state index contributed by atoms with van der Waals surface area (Å²) in [7, 11) is 0. The van der Waals surface area contributed by atoms with Crippen molar-refractivity contribution in [3.63, 3.8) is 0 Å². The van der Waals surface area contributed by atoms with Crippen LogP contribution in [0.1, 0.15) is 16.1 Å². The Morgan fingerprint density at radius 2 is 2.36 bits per heavy atom. The zero-order valence-electron chi connectivity index (χ0n) is 5.97. The van der Waals surface area contributed by atoms with Crippen LogP contribution in [0.4, 0.5) is 0 Å². The summed E-state index contributed by atoms with van der Waals surface area (Å²) >= 11 is 3.19. The fraction of sp³-hybridized carbons (Fsp3) is 0.143. The number of carbonyl (C=O) groups excluding carboxylic acids is 1. The minimum absolute atomic E-state index is 0.448. The van der Waals surface area contributed by atoms with Crippen LogP contribution in [0.2, 0.25) is 0 Å². The maximum atomic E-state index is 10.7. The Bertz CT molecular complexity index is 298. The van der Waals surface area contributed by atoms with Crippen LogP contribution in [-0.2, 0) is 0 Å². The van der Waals surface area contributed by atoms with Crippen molar-refractivity contribution < 1.29 is 4.79 Å². The van der Waals surface area contributed by atoms with Crippen LogP contribution in [-0.4, -0.2) is 10.9 Å². The first kappa shape index (κ1) is 8.20. The predicted molar refractivity (Wildman–Crippen MR) is 45.2 cm³/mol. The van der Waals surface area contributed by atoms with Gasteiger partial charge in [-0.2, -0.15) is 0 Å². The summed E-state index contributed by atoms with van der Waals surface area (Å²) in [6.45, 7) is 1.74. The maximum absolute atomic E-state index is 10.7. The zero-order chi connectivity index (χ0) is 8.43. The molecule has 0 aliphatic rings. The topological polar surface area (TPSA) is 56.0 Å². The average molecular weight is 215 g/mol. The highest BCUT2D eigenvalue weighted by atomic mass is 79.9. The number of nitrogens with zero attached hydrogens (tertiary/aromatic N) is 1. The van der Waals surface area contributed by atoms with Crippen LogP contribution in [0.25, 0.3) is 0 Å². The molecular formula is C7H7BrN2O. The van der Waals surface area contributed by atoms with E-state index >= 15 is 0 Å². The first-order valence-electron chi connectivity index (χ1n) is 3.03. The Hall–Kier alpha value is -0.900. The van der Waals surface area contributed by atoms with E-state index in [9.17, 15) is 4.79 Å².